The van der Waals surface area contributed by atoms with Crippen molar-refractivity contribution >= 4 is 23.2 Å². The Morgan fingerprint density at radius 1 is 0.846 bits per heavy atom. The molecule has 6 heteroatoms. The average Bonchev–Trinajstić information content (AvgIpc) is 3.14. The molecular weight excluding hydrogens is 328 g/mol. The summed E-state index contributed by atoms with van der Waals surface area (Å²) in [4.78, 5) is 33.6. The van der Waals surface area contributed by atoms with Crippen molar-refractivity contribution in [3.63, 3.8) is 0 Å². The van der Waals surface area contributed by atoms with Gasteiger partial charge in [0.2, 0.25) is 5.91 Å². The number of aromatic nitrogens is 1. The summed E-state index contributed by atoms with van der Waals surface area (Å²) >= 11 is 0. The van der Waals surface area contributed by atoms with Gasteiger partial charge in [0.25, 0.3) is 5.91 Å². The summed E-state index contributed by atoms with van der Waals surface area (Å²) in [5.74, 6) is 0.226. The number of carbonyl (C=O) groups excluding carboxylic acids is 2. The van der Waals surface area contributed by atoms with E-state index in [0.29, 0.717) is 25.1 Å². The Hall–Kier alpha value is -2.89. The molecular formula is C20H23N4O2+. The molecule has 2 aliphatic rings. The number of anilines is 2. The van der Waals surface area contributed by atoms with Gasteiger partial charge < -0.3 is 14.7 Å². The van der Waals surface area contributed by atoms with Crippen LogP contribution in [0.5, 0.6) is 0 Å². The molecule has 2 aliphatic heterocycles. The zero-order valence-corrected chi connectivity index (χ0v) is 14.7. The Kier molecular flexibility index (Phi) is 4.56. The fraction of sp³-hybridized carbons (Fsp3) is 0.350. The number of nitrogens with zero attached hydrogens (tertiary/aromatic N) is 3. The normalized spacial score (nSPS) is 17.7. The van der Waals surface area contributed by atoms with Crippen molar-refractivity contribution in [2.45, 2.75) is 12.8 Å². The molecule has 0 radical (unpaired) electrons. The maximum absolute atomic E-state index is 12.8. The van der Waals surface area contributed by atoms with Gasteiger partial charge in [0.1, 0.15) is 0 Å². The van der Waals surface area contributed by atoms with Crippen LogP contribution < -0.4 is 14.8 Å². The molecule has 2 amide bonds. The molecule has 1 N–H and O–H groups in total. The van der Waals surface area contributed by atoms with Gasteiger partial charge in [0.05, 0.1) is 0 Å². The van der Waals surface area contributed by atoms with Gasteiger partial charge in [-0.1, -0.05) is 0 Å². The van der Waals surface area contributed by atoms with Gasteiger partial charge in [-0.25, -0.2) is 4.98 Å². The average molecular weight is 351 g/mol. The first-order chi connectivity index (χ1) is 12.7. The van der Waals surface area contributed by atoms with E-state index in [1.165, 1.54) is 5.69 Å². The van der Waals surface area contributed by atoms with Gasteiger partial charge in [-0.3, -0.25) is 9.59 Å². The number of amides is 2. The van der Waals surface area contributed by atoms with Crippen LogP contribution in [0.25, 0.3) is 0 Å². The molecule has 2 fully saturated rings. The predicted molar refractivity (Wildman–Crippen MR) is 99.1 cm³/mol. The van der Waals surface area contributed by atoms with Crippen molar-refractivity contribution in [1.29, 1.82) is 0 Å². The van der Waals surface area contributed by atoms with Gasteiger partial charge in [-0.2, -0.15) is 0 Å². The van der Waals surface area contributed by atoms with Gasteiger partial charge >= 0.3 is 0 Å². The highest BCUT2D eigenvalue weighted by Crippen LogP contribution is 2.22. The maximum Gasteiger partial charge on any atom is 0.253 e. The highest BCUT2D eigenvalue weighted by molar-refractivity contribution is 5.97. The number of carbonyl (C=O) groups is 2. The third-order valence-corrected chi connectivity index (χ3v) is 5.13. The number of hydrogen-bond donors (Lipinski definition) is 0. The Morgan fingerprint density at radius 3 is 2.15 bits per heavy atom. The molecule has 0 aliphatic carbocycles. The number of pyridine rings is 1. The van der Waals surface area contributed by atoms with Crippen molar-refractivity contribution in [2.75, 3.05) is 42.5 Å². The quantitative estimate of drug-likeness (QED) is 0.844. The second kappa shape index (κ2) is 7.15. The Balaban J connectivity index is 1.38. The van der Waals surface area contributed by atoms with Crippen molar-refractivity contribution in [2.24, 2.45) is 0 Å². The minimum atomic E-state index is 0.0605. The molecule has 2 saturated heterocycles. The number of nitrogens with one attached hydrogen (secondary N) is 1. The monoisotopic (exact) mass is 351 g/mol. The summed E-state index contributed by atoms with van der Waals surface area (Å²) in [5, 5.41) is 0. The van der Waals surface area contributed by atoms with Gasteiger partial charge in [-0.05, 0) is 30.7 Å². The highest BCUT2D eigenvalue weighted by Gasteiger charge is 2.24. The lowest BCUT2D eigenvalue weighted by Gasteiger charge is -2.35. The molecule has 0 atom stereocenters. The molecule has 0 spiro atoms. The largest absolute Gasteiger partial charge is 0.368 e. The molecule has 1 aromatic carbocycles. The van der Waals surface area contributed by atoms with Crippen LogP contribution in [0.4, 0.5) is 11.4 Å². The fourth-order valence-electron chi connectivity index (χ4n) is 3.64. The predicted octanol–water partition coefficient (Wildman–Crippen LogP) is 1.59. The van der Waals surface area contributed by atoms with Crippen LogP contribution in [0.3, 0.4) is 0 Å². The van der Waals surface area contributed by atoms with E-state index in [-0.39, 0.29) is 11.8 Å². The summed E-state index contributed by atoms with van der Waals surface area (Å²) < 4.78 is 0. The van der Waals surface area contributed by atoms with Gasteiger partial charge in [-0.15, -0.1) is 0 Å². The van der Waals surface area contributed by atoms with Crippen molar-refractivity contribution in [1.82, 2.24) is 4.90 Å². The maximum atomic E-state index is 12.8. The van der Waals surface area contributed by atoms with E-state index >= 15 is 0 Å². The van der Waals surface area contributed by atoms with E-state index < -0.39 is 0 Å². The van der Waals surface area contributed by atoms with Crippen molar-refractivity contribution in [3.8, 4) is 0 Å². The lowest BCUT2D eigenvalue weighted by molar-refractivity contribution is -0.377. The number of benzene rings is 1. The second-order valence-electron chi connectivity index (χ2n) is 6.73. The van der Waals surface area contributed by atoms with Crippen LogP contribution in [-0.2, 0) is 4.79 Å². The second-order valence-corrected chi connectivity index (χ2v) is 6.73. The summed E-state index contributed by atoms with van der Waals surface area (Å²) in [6.45, 7) is 3.85. The Morgan fingerprint density at radius 2 is 1.54 bits per heavy atom. The lowest BCUT2D eigenvalue weighted by atomic mass is 10.1. The number of piperazine rings is 1. The molecule has 1 aromatic heterocycles. The van der Waals surface area contributed by atoms with Crippen LogP contribution in [0.1, 0.15) is 23.2 Å². The minimum Gasteiger partial charge on any atom is -0.368 e. The summed E-state index contributed by atoms with van der Waals surface area (Å²) in [5.41, 5.74) is 2.74. The van der Waals surface area contributed by atoms with Crippen LogP contribution in [0.2, 0.25) is 0 Å². The van der Waals surface area contributed by atoms with Crippen LogP contribution in [0, 0.1) is 0 Å². The number of H-pyrrole nitrogens is 1. The molecule has 26 heavy (non-hydrogen) atoms. The minimum absolute atomic E-state index is 0.0605. The molecule has 6 nitrogen and oxygen atoms in total. The molecule has 134 valence electrons. The van der Waals surface area contributed by atoms with E-state index in [1.54, 1.807) is 4.90 Å². The number of hydrogen-bond acceptors (Lipinski definition) is 3. The van der Waals surface area contributed by atoms with E-state index in [1.807, 2.05) is 41.6 Å². The first-order valence-electron chi connectivity index (χ1n) is 9.13. The molecule has 2 aromatic rings. The zero-order valence-electron chi connectivity index (χ0n) is 14.7. The van der Waals surface area contributed by atoms with E-state index in [4.69, 9.17) is 0 Å². The standard InChI is InChI=1S/C20H22N4O2/c25-19-2-1-11-24(19)18-5-3-16(4-6-18)20(26)23-14-12-22(13-15-23)17-7-9-21-10-8-17/h3-10H,1-2,11-15H2/p+1. The summed E-state index contributed by atoms with van der Waals surface area (Å²) in [6.07, 6.45) is 5.35. The fourth-order valence-corrected chi connectivity index (χ4v) is 3.64. The van der Waals surface area contributed by atoms with Crippen LogP contribution >= 0.6 is 0 Å². The molecule has 4 rings (SSSR count). The first-order valence-corrected chi connectivity index (χ1v) is 9.13. The third kappa shape index (κ3) is 3.27. The summed E-state index contributed by atoms with van der Waals surface area (Å²) in [7, 11) is 0. The first kappa shape index (κ1) is 16.6. The smallest absolute Gasteiger partial charge is 0.253 e. The number of aromatic amines is 1. The third-order valence-electron chi connectivity index (χ3n) is 5.13. The van der Waals surface area contributed by atoms with Crippen LogP contribution in [-0.4, -0.2) is 49.4 Å². The lowest BCUT2D eigenvalue weighted by Crippen LogP contribution is -2.48. The van der Waals surface area contributed by atoms with E-state index in [2.05, 4.69) is 22.0 Å². The van der Waals surface area contributed by atoms with Crippen molar-refractivity contribution in [3.05, 3.63) is 54.4 Å². The van der Waals surface area contributed by atoms with E-state index in [0.717, 1.165) is 31.7 Å². The Labute approximate surface area is 153 Å². The van der Waals surface area contributed by atoms with Gasteiger partial charge in [0, 0.05) is 68.2 Å². The number of rotatable bonds is 3. The van der Waals surface area contributed by atoms with E-state index in [9.17, 15) is 9.59 Å². The van der Waals surface area contributed by atoms with Crippen molar-refractivity contribution < 1.29 is 14.6 Å². The summed E-state index contributed by atoms with van der Waals surface area (Å²) in [6, 6.07) is 11.5. The molecule has 0 saturated carbocycles. The van der Waals surface area contributed by atoms with Gasteiger partial charge in [0.15, 0.2) is 12.4 Å². The molecule has 3 heterocycles. The Bertz CT molecular complexity index is 783. The SMILES string of the molecule is O=C(c1ccc(N2CCCC2=O)cc1)N1CCN(c2cc[nH+]cc2)CC1. The molecule has 0 unspecified atom stereocenters. The topological polar surface area (TPSA) is 58.0 Å². The highest BCUT2D eigenvalue weighted by atomic mass is 16.2. The molecule has 0 bridgehead atoms. The zero-order chi connectivity index (χ0) is 17.9. The van der Waals surface area contributed by atoms with Crippen LogP contribution in [0.15, 0.2) is 48.8 Å².